The van der Waals surface area contributed by atoms with Crippen LogP contribution in [0.5, 0.6) is 0 Å². The molecule has 2 rings (SSSR count). The van der Waals surface area contributed by atoms with E-state index in [9.17, 15) is 9.59 Å². The molecule has 1 saturated heterocycles. The molecule has 0 spiro atoms. The molecule has 0 radical (unpaired) electrons. The van der Waals surface area contributed by atoms with Crippen LogP contribution in [0.2, 0.25) is 0 Å². The Kier molecular flexibility index (Phi) is 6.40. The lowest BCUT2D eigenvalue weighted by molar-refractivity contribution is -0.148. The summed E-state index contributed by atoms with van der Waals surface area (Å²) in [4.78, 5) is 25.9. The number of hydrogen-bond acceptors (Lipinski definition) is 4. The van der Waals surface area contributed by atoms with E-state index in [0.717, 1.165) is 37.9 Å². The van der Waals surface area contributed by atoms with E-state index >= 15 is 0 Å². The number of hydrogen-bond donors (Lipinski definition) is 1. The molecular weight excluding hydrogens is 280 g/mol. The van der Waals surface area contributed by atoms with Crippen LogP contribution in [0.15, 0.2) is 30.3 Å². The van der Waals surface area contributed by atoms with Crippen molar-refractivity contribution in [3.8, 4) is 0 Å². The van der Waals surface area contributed by atoms with Crippen LogP contribution in [0.4, 0.5) is 0 Å². The molecule has 1 aliphatic heterocycles. The number of carbonyl (C=O) groups is 2. The Labute approximate surface area is 131 Å². The van der Waals surface area contributed by atoms with Gasteiger partial charge in [0, 0.05) is 12.5 Å². The van der Waals surface area contributed by atoms with Gasteiger partial charge in [-0.3, -0.25) is 9.59 Å². The van der Waals surface area contributed by atoms with E-state index < -0.39 is 0 Å². The maximum Gasteiger partial charge on any atom is 0.325 e. The SMILES string of the molecule is COC(=O)CN(CCc1ccccc1)C(=O)C1CCNCC1. The number of esters is 1. The molecule has 1 heterocycles. The highest BCUT2D eigenvalue weighted by Crippen LogP contribution is 2.16. The summed E-state index contributed by atoms with van der Waals surface area (Å²) in [6.07, 6.45) is 2.41. The molecule has 1 amide bonds. The summed E-state index contributed by atoms with van der Waals surface area (Å²) < 4.78 is 4.73. The van der Waals surface area contributed by atoms with Gasteiger partial charge in [-0.25, -0.2) is 0 Å². The Morgan fingerprint density at radius 3 is 2.55 bits per heavy atom. The zero-order chi connectivity index (χ0) is 15.8. The van der Waals surface area contributed by atoms with Gasteiger partial charge in [0.2, 0.25) is 5.91 Å². The third-order valence-electron chi connectivity index (χ3n) is 4.06. The highest BCUT2D eigenvalue weighted by Gasteiger charge is 2.27. The van der Waals surface area contributed by atoms with Gasteiger partial charge in [-0.15, -0.1) is 0 Å². The standard InChI is InChI=1S/C17H24N2O3/c1-22-16(20)13-19(12-9-14-5-3-2-4-6-14)17(21)15-7-10-18-11-8-15/h2-6,15,18H,7-13H2,1H3. The lowest BCUT2D eigenvalue weighted by Gasteiger charge is -2.29. The second-order valence-electron chi connectivity index (χ2n) is 5.60. The highest BCUT2D eigenvalue weighted by atomic mass is 16.5. The van der Waals surface area contributed by atoms with Gasteiger partial charge < -0.3 is 15.0 Å². The Bertz CT molecular complexity index is 484. The van der Waals surface area contributed by atoms with Gasteiger partial charge in [-0.05, 0) is 37.9 Å². The first-order valence-corrected chi connectivity index (χ1v) is 7.81. The fraction of sp³-hybridized carbons (Fsp3) is 0.529. The van der Waals surface area contributed by atoms with Crippen LogP contribution in [0.3, 0.4) is 0 Å². The van der Waals surface area contributed by atoms with Crippen LogP contribution >= 0.6 is 0 Å². The Morgan fingerprint density at radius 1 is 1.23 bits per heavy atom. The number of amides is 1. The number of carbonyl (C=O) groups excluding carboxylic acids is 2. The Hall–Kier alpha value is -1.88. The highest BCUT2D eigenvalue weighted by molar-refractivity contribution is 5.83. The monoisotopic (exact) mass is 304 g/mol. The van der Waals surface area contributed by atoms with Gasteiger partial charge in [-0.1, -0.05) is 30.3 Å². The number of benzene rings is 1. The smallest absolute Gasteiger partial charge is 0.325 e. The van der Waals surface area contributed by atoms with Crippen LogP contribution in [0.1, 0.15) is 18.4 Å². The van der Waals surface area contributed by atoms with Crippen molar-refractivity contribution in [3.63, 3.8) is 0 Å². The Balaban J connectivity index is 1.98. The first-order chi connectivity index (χ1) is 10.7. The minimum Gasteiger partial charge on any atom is -0.468 e. The van der Waals surface area contributed by atoms with Crippen molar-refractivity contribution >= 4 is 11.9 Å². The van der Waals surface area contributed by atoms with Crippen LogP contribution in [-0.4, -0.2) is 50.1 Å². The molecule has 0 aromatic heterocycles. The molecule has 0 aliphatic carbocycles. The second-order valence-corrected chi connectivity index (χ2v) is 5.60. The van der Waals surface area contributed by atoms with E-state index in [2.05, 4.69) is 5.32 Å². The van der Waals surface area contributed by atoms with Gasteiger partial charge in [0.1, 0.15) is 6.54 Å². The molecule has 0 unspecified atom stereocenters. The fourth-order valence-corrected chi connectivity index (χ4v) is 2.72. The molecule has 0 bridgehead atoms. The van der Waals surface area contributed by atoms with Crippen molar-refractivity contribution in [2.45, 2.75) is 19.3 Å². The van der Waals surface area contributed by atoms with Crippen molar-refractivity contribution in [2.75, 3.05) is 33.3 Å². The fourth-order valence-electron chi connectivity index (χ4n) is 2.72. The molecule has 5 heteroatoms. The number of methoxy groups -OCH3 is 1. The zero-order valence-corrected chi connectivity index (χ0v) is 13.1. The maximum absolute atomic E-state index is 12.7. The average molecular weight is 304 g/mol. The summed E-state index contributed by atoms with van der Waals surface area (Å²) >= 11 is 0. The first kappa shape index (κ1) is 16.5. The van der Waals surface area contributed by atoms with E-state index in [0.29, 0.717) is 6.54 Å². The molecule has 1 aromatic rings. The van der Waals surface area contributed by atoms with Crippen LogP contribution < -0.4 is 5.32 Å². The van der Waals surface area contributed by atoms with E-state index in [1.165, 1.54) is 7.11 Å². The summed E-state index contributed by atoms with van der Waals surface area (Å²) in [5, 5.41) is 3.26. The normalized spacial score (nSPS) is 15.3. The van der Waals surface area contributed by atoms with Gasteiger partial charge in [0.05, 0.1) is 7.11 Å². The van der Waals surface area contributed by atoms with Gasteiger partial charge in [0.25, 0.3) is 0 Å². The molecular formula is C17H24N2O3. The third kappa shape index (κ3) is 4.84. The summed E-state index contributed by atoms with van der Waals surface area (Å²) in [5.74, 6) is -0.278. The summed E-state index contributed by atoms with van der Waals surface area (Å²) in [7, 11) is 1.35. The first-order valence-electron chi connectivity index (χ1n) is 7.81. The van der Waals surface area contributed by atoms with Crippen molar-refractivity contribution in [1.29, 1.82) is 0 Å². The predicted molar refractivity (Wildman–Crippen MR) is 84.3 cm³/mol. The summed E-state index contributed by atoms with van der Waals surface area (Å²) in [6, 6.07) is 10.00. The predicted octanol–water partition coefficient (Wildman–Crippen LogP) is 1.23. The summed E-state index contributed by atoms with van der Waals surface area (Å²) in [5.41, 5.74) is 1.16. The second kappa shape index (κ2) is 8.54. The third-order valence-corrected chi connectivity index (χ3v) is 4.06. The number of ether oxygens (including phenoxy) is 1. The molecule has 1 aromatic carbocycles. The molecule has 120 valence electrons. The van der Waals surface area contributed by atoms with E-state index in [4.69, 9.17) is 4.74 Å². The molecule has 1 N–H and O–H groups in total. The molecule has 1 aliphatic rings. The molecule has 0 atom stereocenters. The Morgan fingerprint density at radius 2 is 1.91 bits per heavy atom. The van der Waals surface area contributed by atoms with Gasteiger partial charge in [0.15, 0.2) is 0 Å². The largest absolute Gasteiger partial charge is 0.468 e. The topological polar surface area (TPSA) is 58.6 Å². The molecule has 0 saturated carbocycles. The van der Waals surface area contributed by atoms with Crippen LogP contribution in [0.25, 0.3) is 0 Å². The molecule has 5 nitrogen and oxygen atoms in total. The van der Waals surface area contributed by atoms with Crippen molar-refractivity contribution < 1.29 is 14.3 Å². The van der Waals surface area contributed by atoms with Crippen molar-refractivity contribution in [3.05, 3.63) is 35.9 Å². The number of nitrogens with one attached hydrogen (secondary N) is 1. The number of piperidine rings is 1. The van der Waals surface area contributed by atoms with Gasteiger partial charge >= 0.3 is 5.97 Å². The number of rotatable bonds is 6. The maximum atomic E-state index is 12.7. The molecule has 22 heavy (non-hydrogen) atoms. The summed E-state index contributed by atoms with van der Waals surface area (Å²) in [6.45, 7) is 2.30. The van der Waals surface area contributed by atoms with Crippen LogP contribution in [-0.2, 0) is 20.7 Å². The minimum absolute atomic E-state index is 0.0154. The quantitative estimate of drug-likeness (QED) is 0.803. The van der Waals surface area contributed by atoms with E-state index in [1.54, 1.807) is 4.90 Å². The minimum atomic E-state index is -0.365. The molecule has 1 fully saturated rings. The van der Waals surface area contributed by atoms with Crippen molar-refractivity contribution in [2.24, 2.45) is 5.92 Å². The van der Waals surface area contributed by atoms with Crippen LogP contribution in [0, 0.1) is 5.92 Å². The van der Waals surface area contributed by atoms with Crippen molar-refractivity contribution in [1.82, 2.24) is 10.2 Å². The lowest BCUT2D eigenvalue weighted by atomic mass is 9.96. The average Bonchev–Trinajstić information content (AvgIpc) is 2.59. The number of nitrogens with zero attached hydrogens (tertiary/aromatic N) is 1. The lowest BCUT2D eigenvalue weighted by Crippen LogP contribution is -2.44. The van der Waals surface area contributed by atoms with E-state index in [-0.39, 0.29) is 24.3 Å². The van der Waals surface area contributed by atoms with Gasteiger partial charge in [-0.2, -0.15) is 0 Å². The van der Waals surface area contributed by atoms with E-state index in [1.807, 2.05) is 30.3 Å². The zero-order valence-electron chi connectivity index (χ0n) is 13.1.